The van der Waals surface area contributed by atoms with E-state index in [0.717, 1.165) is 38.0 Å². The van der Waals surface area contributed by atoms with E-state index < -0.39 is 0 Å². The Kier molecular flexibility index (Phi) is 5.03. The largest absolute Gasteiger partial charge is 0.497 e. The lowest BCUT2D eigenvalue weighted by Gasteiger charge is -2.29. The minimum atomic E-state index is -0.0197. The van der Waals surface area contributed by atoms with Crippen LogP contribution in [0.15, 0.2) is 24.3 Å². The lowest BCUT2D eigenvalue weighted by atomic mass is 9.99. The third-order valence-electron chi connectivity index (χ3n) is 5.37. The molecule has 3 aliphatic rings. The van der Waals surface area contributed by atoms with Crippen LogP contribution in [0, 0.1) is 0 Å². The molecule has 4 rings (SSSR count). The summed E-state index contributed by atoms with van der Waals surface area (Å²) < 4.78 is 16.5. The fourth-order valence-corrected chi connectivity index (χ4v) is 4.06. The van der Waals surface area contributed by atoms with Crippen molar-refractivity contribution in [2.24, 2.45) is 0 Å². The van der Waals surface area contributed by atoms with Gasteiger partial charge in [-0.1, -0.05) is 12.1 Å². The van der Waals surface area contributed by atoms with Gasteiger partial charge in [0.1, 0.15) is 5.75 Å². The third kappa shape index (κ3) is 3.59. The van der Waals surface area contributed by atoms with Crippen LogP contribution in [0.25, 0.3) is 0 Å². The maximum atomic E-state index is 5.54. The number of likely N-dealkylation sites (tertiary alicyclic amines) is 1. The number of benzene rings is 1. The molecule has 2 atom stereocenters. The van der Waals surface area contributed by atoms with Crippen molar-refractivity contribution in [3.63, 3.8) is 0 Å². The first kappa shape index (κ1) is 16.3. The zero-order chi connectivity index (χ0) is 16.4. The van der Waals surface area contributed by atoms with Crippen LogP contribution < -0.4 is 10.1 Å². The fraction of sp³-hybridized carbons (Fsp3) is 0.684. The maximum absolute atomic E-state index is 5.54. The molecule has 3 fully saturated rings. The highest BCUT2D eigenvalue weighted by atomic mass is 16.7. The molecule has 0 unspecified atom stereocenters. The normalized spacial score (nSPS) is 28.5. The zero-order valence-electron chi connectivity index (χ0n) is 14.4. The summed E-state index contributed by atoms with van der Waals surface area (Å²) in [6.45, 7) is 3.58. The summed E-state index contributed by atoms with van der Waals surface area (Å²) in [4.78, 5) is 2.69. The van der Waals surface area contributed by atoms with Gasteiger partial charge < -0.3 is 19.5 Å². The molecule has 0 bridgehead atoms. The van der Waals surface area contributed by atoms with Gasteiger partial charge in [0.2, 0.25) is 0 Å². The van der Waals surface area contributed by atoms with Crippen LogP contribution in [0.1, 0.15) is 37.3 Å². The van der Waals surface area contributed by atoms with Crippen LogP contribution in [0.4, 0.5) is 0 Å². The molecule has 2 saturated heterocycles. The molecule has 5 nitrogen and oxygen atoms in total. The van der Waals surface area contributed by atoms with Gasteiger partial charge in [-0.25, -0.2) is 0 Å². The Balaban J connectivity index is 1.43. The van der Waals surface area contributed by atoms with Crippen molar-refractivity contribution in [2.75, 3.05) is 33.4 Å². The van der Waals surface area contributed by atoms with Crippen LogP contribution in [0.2, 0.25) is 0 Å². The van der Waals surface area contributed by atoms with Gasteiger partial charge in [-0.3, -0.25) is 4.90 Å². The van der Waals surface area contributed by atoms with Crippen molar-refractivity contribution in [2.45, 2.75) is 50.1 Å². The summed E-state index contributed by atoms with van der Waals surface area (Å²) in [5, 5.41) is 3.76. The number of methoxy groups -OCH3 is 1. The number of nitrogens with one attached hydrogen (secondary N) is 1. The highest BCUT2D eigenvalue weighted by Gasteiger charge is 2.42. The van der Waals surface area contributed by atoms with Gasteiger partial charge >= 0.3 is 0 Å². The summed E-state index contributed by atoms with van der Waals surface area (Å²) in [6, 6.07) is 10.3. The minimum absolute atomic E-state index is 0.0197. The molecule has 2 heterocycles. The van der Waals surface area contributed by atoms with Crippen molar-refractivity contribution >= 4 is 0 Å². The first-order valence-corrected chi connectivity index (χ1v) is 9.21. The molecule has 0 radical (unpaired) electrons. The van der Waals surface area contributed by atoms with Crippen molar-refractivity contribution < 1.29 is 14.2 Å². The first-order chi connectivity index (χ1) is 11.8. The van der Waals surface area contributed by atoms with E-state index in [2.05, 4.69) is 28.4 Å². The van der Waals surface area contributed by atoms with E-state index in [1.807, 2.05) is 6.07 Å². The van der Waals surface area contributed by atoms with E-state index >= 15 is 0 Å². The predicted octanol–water partition coefficient (Wildman–Crippen LogP) is 2.33. The molecule has 1 aliphatic carbocycles. The van der Waals surface area contributed by atoms with Gasteiger partial charge in [-0.2, -0.15) is 0 Å². The summed E-state index contributed by atoms with van der Waals surface area (Å²) in [7, 11) is 1.74. The molecule has 132 valence electrons. The number of ether oxygens (including phenoxy) is 3. The molecule has 0 aromatic heterocycles. The standard InChI is InChI=1S/C19H28N2O3/c1-22-16-4-2-3-14(13-16)19-17(8-10-21(19)15-5-6-15)20-9-7-18-23-11-12-24-18/h2-4,13,15,17-20H,5-12H2,1H3/t17-,19+/m0/s1. The average molecular weight is 332 g/mol. The van der Waals surface area contributed by atoms with Crippen molar-refractivity contribution in [3.05, 3.63) is 29.8 Å². The molecule has 1 aromatic carbocycles. The van der Waals surface area contributed by atoms with Gasteiger partial charge in [-0.05, 0) is 37.0 Å². The van der Waals surface area contributed by atoms with Crippen molar-refractivity contribution in [3.8, 4) is 5.75 Å². The van der Waals surface area contributed by atoms with E-state index in [4.69, 9.17) is 14.2 Å². The first-order valence-electron chi connectivity index (χ1n) is 9.21. The number of nitrogens with zero attached hydrogens (tertiary/aromatic N) is 1. The predicted molar refractivity (Wildman–Crippen MR) is 92.2 cm³/mol. The number of hydrogen-bond acceptors (Lipinski definition) is 5. The molecule has 1 saturated carbocycles. The Bertz CT molecular complexity index is 543. The molecule has 24 heavy (non-hydrogen) atoms. The number of rotatable bonds is 7. The zero-order valence-corrected chi connectivity index (χ0v) is 14.4. The molecule has 0 spiro atoms. The van der Waals surface area contributed by atoms with E-state index in [-0.39, 0.29) is 6.29 Å². The Labute approximate surface area is 144 Å². The van der Waals surface area contributed by atoms with E-state index in [9.17, 15) is 0 Å². The highest BCUT2D eigenvalue weighted by molar-refractivity contribution is 5.32. The second-order valence-electron chi connectivity index (χ2n) is 7.00. The number of hydrogen-bond donors (Lipinski definition) is 1. The van der Waals surface area contributed by atoms with E-state index in [1.165, 1.54) is 31.4 Å². The Morgan fingerprint density at radius 3 is 2.79 bits per heavy atom. The molecular weight excluding hydrogens is 304 g/mol. The van der Waals surface area contributed by atoms with Crippen LogP contribution in [-0.4, -0.2) is 56.7 Å². The van der Waals surface area contributed by atoms with Gasteiger partial charge in [0, 0.05) is 31.6 Å². The van der Waals surface area contributed by atoms with Crippen LogP contribution in [0.5, 0.6) is 5.75 Å². The summed E-state index contributed by atoms with van der Waals surface area (Å²) in [5.74, 6) is 0.946. The van der Waals surface area contributed by atoms with E-state index in [0.29, 0.717) is 12.1 Å². The third-order valence-corrected chi connectivity index (χ3v) is 5.37. The lowest BCUT2D eigenvalue weighted by Crippen LogP contribution is -2.38. The van der Waals surface area contributed by atoms with Gasteiger partial charge in [0.15, 0.2) is 6.29 Å². The van der Waals surface area contributed by atoms with Gasteiger partial charge in [-0.15, -0.1) is 0 Å². The summed E-state index contributed by atoms with van der Waals surface area (Å²) in [5.41, 5.74) is 1.37. The molecule has 0 amide bonds. The Morgan fingerprint density at radius 1 is 1.21 bits per heavy atom. The molecule has 1 N–H and O–H groups in total. The second kappa shape index (κ2) is 7.40. The lowest BCUT2D eigenvalue weighted by molar-refractivity contribution is -0.0464. The quantitative estimate of drug-likeness (QED) is 0.830. The molecule has 1 aromatic rings. The Morgan fingerprint density at radius 2 is 2.04 bits per heavy atom. The SMILES string of the molecule is COc1cccc([C@@H]2[C@@H](NCCC3OCCO3)CCN2C2CC2)c1. The van der Waals surface area contributed by atoms with Gasteiger partial charge in [0.05, 0.1) is 26.4 Å². The highest BCUT2D eigenvalue weighted by Crippen LogP contribution is 2.41. The smallest absolute Gasteiger partial charge is 0.159 e. The summed E-state index contributed by atoms with van der Waals surface area (Å²) >= 11 is 0. The molecule has 5 heteroatoms. The maximum Gasteiger partial charge on any atom is 0.159 e. The average Bonchev–Trinajstić information content (AvgIpc) is 3.16. The Hall–Kier alpha value is -1.14. The van der Waals surface area contributed by atoms with Crippen LogP contribution in [0.3, 0.4) is 0 Å². The van der Waals surface area contributed by atoms with Crippen LogP contribution >= 0.6 is 0 Å². The van der Waals surface area contributed by atoms with Crippen LogP contribution in [-0.2, 0) is 9.47 Å². The monoisotopic (exact) mass is 332 g/mol. The van der Waals surface area contributed by atoms with Crippen molar-refractivity contribution in [1.29, 1.82) is 0 Å². The second-order valence-corrected chi connectivity index (χ2v) is 7.00. The molecular formula is C19H28N2O3. The topological polar surface area (TPSA) is 43.0 Å². The van der Waals surface area contributed by atoms with E-state index in [1.54, 1.807) is 7.11 Å². The summed E-state index contributed by atoms with van der Waals surface area (Å²) in [6.07, 6.45) is 4.79. The minimum Gasteiger partial charge on any atom is -0.497 e. The fourth-order valence-electron chi connectivity index (χ4n) is 4.06. The van der Waals surface area contributed by atoms with Crippen molar-refractivity contribution in [1.82, 2.24) is 10.2 Å². The molecule has 2 aliphatic heterocycles. The van der Waals surface area contributed by atoms with Gasteiger partial charge in [0.25, 0.3) is 0 Å².